The van der Waals surface area contributed by atoms with Gasteiger partial charge in [-0.25, -0.2) is 14.3 Å². The number of aryl methyl sites for hydroxylation is 2. The quantitative estimate of drug-likeness (QED) is 0.435. The summed E-state index contributed by atoms with van der Waals surface area (Å²) in [6, 6.07) is 14.5. The molecule has 0 bridgehead atoms. The molecule has 0 aliphatic rings. The molecule has 7 nitrogen and oxygen atoms in total. The molecular weight excluding hydrogens is 444 g/mol. The first-order chi connectivity index (χ1) is 15.4. The molecule has 0 atom stereocenters. The van der Waals surface area contributed by atoms with E-state index in [9.17, 15) is 14.4 Å². The second kappa shape index (κ2) is 9.13. The topological polar surface area (TPSA) is 86.0 Å². The van der Waals surface area contributed by atoms with Gasteiger partial charge < -0.3 is 5.32 Å². The van der Waals surface area contributed by atoms with Gasteiger partial charge >= 0.3 is 5.69 Å². The van der Waals surface area contributed by atoms with Crippen LogP contribution in [-0.4, -0.2) is 25.8 Å². The van der Waals surface area contributed by atoms with E-state index in [-0.39, 0.29) is 18.1 Å². The molecule has 1 N–H and O–H groups in total. The van der Waals surface area contributed by atoms with Gasteiger partial charge in [0.2, 0.25) is 5.91 Å². The maximum Gasteiger partial charge on any atom is 0.337 e. The van der Waals surface area contributed by atoms with Crippen molar-refractivity contribution in [2.24, 2.45) is 0 Å². The van der Waals surface area contributed by atoms with Crippen molar-refractivity contribution in [3.8, 4) is 5.69 Å². The minimum atomic E-state index is -0.594. The van der Waals surface area contributed by atoms with Gasteiger partial charge in [-0.15, -0.1) is 11.3 Å². The van der Waals surface area contributed by atoms with Gasteiger partial charge in [-0.3, -0.25) is 14.2 Å². The Labute approximate surface area is 192 Å². The van der Waals surface area contributed by atoms with Gasteiger partial charge in [0, 0.05) is 5.69 Å². The minimum absolute atomic E-state index is 0.241. The number of hydrogen-bond acceptors (Lipinski definition) is 6. The molecule has 9 heteroatoms. The molecule has 4 rings (SSSR count). The lowest BCUT2D eigenvalue weighted by Gasteiger charge is -2.14. The summed E-state index contributed by atoms with van der Waals surface area (Å²) in [5.74, 6) is 0.422. The van der Waals surface area contributed by atoms with Gasteiger partial charge in [0.05, 0.1) is 5.69 Å². The molecule has 0 unspecified atom stereocenters. The minimum Gasteiger partial charge on any atom is -0.324 e. The fraction of sp³-hybridized carbons (Fsp3) is 0.217. The number of nitrogens with zero attached hydrogens (tertiary/aromatic N) is 3. The Morgan fingerprint density at radius 1 is 1.06 bits per heavy atom. The third kappa shape index (κ3) is 4.13. The number of carbonyl (C=O) groups excluding carboxylic acids is 1. The summed E-state index contributed by atoms with van der Waals surface area (Å²) in [5.41, 5.74) is 2.25. The van der Waals surface area contributed by atoms with Crippen molar-refractivity contribution in [1.29, 1.82) is 0 Å². The van der Waals surface area contributed by atoms with Gasteiger partial charge in [0.15, 0.2) is 9.99 Å². The third-order valence-electron chi connectivity index (χ3n) is 4.99. The summed E-state index contributed by atoms with van der Waals surface area (Å²) in [5, 5.41) is 2.91. The monoisotopic (exact) mass is 466 g/mol. The van der Waals surface area contributed by atoms with Crippen LogP contribution in [0, 0.1) is 13.8 Å². The maximum atomic E-state index is 13.4. The number of benzene rings is 2. The number of carbonyl (C=O) groups is 1. The zero-order chi connectivity index (χ0) is 22.8. The summed E-state index contributed by atoms with van der Waals surface area (Å²) in [6.45, 7) is 5.56. The molecule has 2 aromatic carbocycles. The Bertz CT molecular complexity index is 1400. The van der Waals surface area contributed by atoms with Crippen LogP contribution in [0.4, 0.5) is 5.69 Å². The van der Waals surface area contributed by atoms with E-state index in [1.165, 1.54) is 27.7 Å². The van der Waals surface area contributed by atoms with Crippen LogP contribution in [0.2, 0.25) is 0 Å². The number of thiazole rings is 1. The van der Waals surface area contributed by atoms with Crippen molar-refractivity contribution in [2.75, 3.05) is 11.1 Å². The number of nitrogens with one attached hydrogen (secondary N) is 1. The van der Waals surface area contributed by atoms with Crippen molar-refractivity contribution in [2.45, 2.75) is 31.7 Å². The van der Waals surface area contributed by atoms with Crippen LogP contribution in [0.1, 0.15) is 18.1 Å². The largest absolute Gasteiger partial charge is 0.337 e. The molecule has 2 aromatic heterocycles. The second-order valence-corrected chi connectivity index (χ2v) is 9.74. The number of thioether (sulfide) groups is 1. The highest BCUT2D eigenvalue weighted by Crippen LogP contribution is 2.27. The number of para-hydroxylation sites is 2. The molecule has 32 heavy (non-hydrogen) atoms. The Morgan fingerprint density at radius 2 is 1.75 bits per heavy atom. The summed E-state index contributed by atoms with van der Waals surface area (Å²) < 4.78 is 3.42. The average Bonchev–Trinajstić information content (AvgIpc) is 3.19. The zero-order valence-corrected chi connectivity index (χ0v) is 19.5. The summed E-state index contributed by atoms with van der Waals surface area (Å²) in [4.78, 5) is 44.1. The molecule has 0 spiro atoms. The number of fused-ring (bicyclic) bond motifs is 1. The van der Waals surface area contributed by atoms with Crippen molar-refractivity contribution < 1.29 is 4.79 Å². The molecule has 164 valence electrons. The molecule has 0 saturated carbocycles. The van der Waals surface area contributed by atoms with Crippen LogP contribution in [0.5, 0.6) is 0 Å². The van der Waals surface area contributed by atoms with Crippen LogP contribution < -0.4 is 16.6 Å². The SMILES string of the molecule is CCSc1nc2c(s1)c(=O)n(-c1ccccc1)c(=O)n2CC(=O)Nc1c(C)cccc1C. The van der Waals surface area contributed by atoms with E-state index in [2.05, 4.69) is 10.3 Å². The highest BCUT2D eigenvalue weighted by atomic mass is 32.2. The first kappa shape index (κ1) is 22.0. The fourth-order valence-electron chi connectivity index (χ4n) is 3.48. The Hall–Kier alpha value is -3.17. The summed E-state index contributed by atoms with van der Waals surface area (Å²) in [6.07, 6.45) is 0. The average molecular weight is 467 g/mol. The first-order valence-electron chi connectivity index (χ1n) is 10.1. The lowest BCUT2D eigenvalue weighted by molar-refractivity contribution is -0.116. The lowest BCUT2D eigenvalue weighted by Crippen LogP contribution is -2.40. The van der Waals surface area contributed by atoms with Gasteiger partial charge in [0.25, 0.3) is 5.56 Å². The first-order valence-corrected chi connectivity index (χ1v) is 11.9. The van der Waals surface area contributed by atoms with Crippen LogP contribution >= 0.6 is 23.1 Å². The van der Waals surface area contributed by atoms with Crippen molar-refractivity contribution in [3.63, 3.8) is 0 Å². The van der Waals surface area contributed by atoms with E-state index in [0.29, 0.717) is 14.7 Å². The van der Waals surface area contributed by atoms with E-state index in [1.807, 2.05) is 45.0 Å². The molecule has 2 heterocycles. The number of rotatable bonds is 6. The van der Waals surface area contributed by atoms with E-state index >= 15 is 0 Å². The summed E-state index contributed by atoms with van der Waals surface area (Å²) >= 11 is 2.74. The maximum absolute atomic E-state index is 13.4. The van der Waals surface area contributed by atoms with Crippen molar-refractivity contribution >= 4 is 45.0 Å². The zero-order valence-electron chi connectivity index (χ0n) is 17.9. The van der Waals surface area contributed by atoms with E-state index in [4.69, 9.17) is 0 Å². The molecule has 0 fully saturated rings. The van der Waals surface area contributed by atoms with Crippen LogP contribution in [0.15, 0.2) is 62.5 Å². The van der Waals surface area contributed by atoms with Crippen molar-refractivity contribution in [3.05, 3.63) is 80.5 Å². The second-order valence-electron chi connectivity index (χ2n) is 7.23. The molecule has 4 aromatic rings. The molecule has 0 aliphatic carbocycles. The van der Waals surface area contributed by atoms with Crippen molar-refractivity contribution in [1.82, 2.24) is 14.1 Å². The molecule has 1 amide bonds. The normalized spacial score (nSPS) is 11.1. The number of aromatic nitrogens is 3. The highest BCUT2D eigenvalue weighted by Gasteiger charge is 2.21. The molecule has 0 saturated heterocycles. The molecule has 0 radical (unpaired) electrons. The standard InChI is InChI=1S/C23H22N4O3S2/c1-4-31-22-25-20-19(32-22)21(29)27(16-11-6-5-7-12-16)23(30)26(20)13-17(28)24-18-14(2)9-8-10-15(18)3/h5-12H,4,13H2,1-3H3,(H,24,28). The fourth-order valence-corrected chi connectivity index (χ4v) is 5.45. The Kier molecular flexibility index (Phi) is 6.29. The Balaban J connectivity index is 1.85. The smallest absolute Gasteiger partial charge is 0.324 e. The summed E-state index contributed by atoms with van der Waals surface area (Å²) in [7, 11) is 0. The molecular formula is C23H22N4O3S2. The highest BCUT2D eigenvalue weighted by molar-refractivity contribution is 8.01. The number of amides is 1. The van der Waals surface area contributed by atoms with Crippen LogP contribution in [0.25, 0.3) is 16.0 Å². The van der Waals surface area contributed by atoms with Crippen LogP contribution in [-0.2, 0) is 11.3 Å². The van der Waals surface area contributed by atoms with E-state index in [0.717, 1.165) is 27.1 Å². The number of anilines is 1. The molecule has 0 aliphatic heterocycles. The third-order valence-corrected chi connectivity index (χ3v) is 7.05. The van der Waals surface area contributed by atoms with E-state index < -0.39 is 11.2 Å². The van der Waals surface area contributed by atoms with E-state index in [1.54, 1.807) is 24.3 Å². The van der Waals surface area contributed by atoms with Gasteiger partial charge in [-0.1, -0.05) is 55.1 Å². The predicted molar refractivity (Wildman–Crippen MR) is 130 cm³/mol. The van der Waals surface area contributed by atoms with Gasteiger partial charge in [-0.2, -0.15) is 0 Å². The lowest BCUT2D eigenvalue weighted by atomic mass is 10.1. The Morgan fingerprint density at radius 3 is 2.41 bits per heavy atom. The van der Waals surface area contributed by atoms with Gasteiger partial charge in [0.1, 0.15) is 11.2 Å². The van der Waals surface area contributed by atoms with Gasteiger partial charge in [-0.05, 0) is 42.9 Å². The van der Waals surface area contributed by atoms with Crippen LogP contribution in [0.3, 0.4) is 0 Å². The number of hydrogen-bond donors (Lipinski definition) is 1. The predicted octanol–water partition coefficient (Wildman–Crippen LogP) is 3.98.